The first-order valence-electron chi connectivity index (χ1n) is 7.39. The van der Waals surface area contributed by atoms with E-state index in [4.69, 9.17) is 5.73 Å². The van der Waals surface area contributed by atoms with Crippen molar-refractivity contribution in [1.29, 1.82) is 0 Å². The lowest BCUT2D eigenvalue weighted by Crippen LogP contribution is -2.26. The van der Waals surface area contributed by atoms with Crippen molar-refractivity contribution in [2.75, 3.05) is 24.1 Å². The SMILES string of the molecule is CCNC(=O)c1cc(NCC)nc2c1c(N)cc(=O)n2CC. The summed E-state index contributed by atoms with van der Waals surface area (Å²) in [6.45, 7) is 7.25. The van der Waals surface area contributed by atoms with Crippen molar-refractivity contribution in [3.63, 3.8) is 0 Å². The Morgan fingerprint density at radius 2 is 2.00 bits per heavy atom. The molecule has 2 heterocycles. The largest absolute Gasteiger partial charge is 0.398 e. The first kappa shape index (κ1) is 15.8. The van der Waals surface area contributed by atoms with Gasteiger partial charge in [-0.05, 0) is 26.8 Å². The van der Waals surface area contributed by atoms with Gasteiger partial charge in [0.2, 0.25) is 0 Å². The summed E-state index contributed by atoms with van der Waals surface area (Å²) in [6, 6.07) is 3.00. The lowest BCUT2D eigenvalue weighted by molar-refractivity contribution is 0.0957. The van der Waals surface area contributed by atoms with Gasteiger partial charge in [-0.15, -0.1) is 0 Å². The highest BCUT2D eigenvalue weighted by atomic mass is 16.1. The van der Waals surface area contributed by atoms with Crippen molar-refractivity contribution in [2.24, 2.45) is 0 Å². The molecule has 0 saturated carbocycles. The van der Waals surface area contributed by atoms with E-state index in [0.29, 0.717) is 42.0 Å². The summed E-state index contributed by atoms with van der Waals surface area (Å²) in [5.41, 5.74) is 6.87. The Bertz CT molecular complexity index is 767. The molecule has 0 fully saturated rings. The Balaban J connectivity index is 2.86. The van der Waals surface area contributed by atoms with Gasteiger partial charge in [-0.25, -0.2) is 4.98 Å². The van der Waals surface area contributed by atoms with Crippen LogP contribution in [0.3, 0.4) is 0 Å². The Kier molecular flexibility index (Phi) is 4.65. The van der Waals surface area contributed by atoms with Crippen molar-refractivity contribution in [1.82, 2.24) is 14.9 Å². The number of pyridine rings is 2. The van der Waals surface area contributed by atoms with Gasteiger partial charge in [-0.2, -0.15) is 0 Å². The van der Waals surface area contributed by atoms with Crippen LogP contribution in [0.1, 0.15) is 31.1 Å². The maximum absolute atomic E-state index is 12.3. The van der Waals surface area contributed by atoms with Crippen molar-refractivity contribution >= 4 is 28.4 Å². The lowest BCUT2D eigenvalue weighted by atomic mass is 10.1. The maximum atomic E-state index is 12.3. The number of fused-ring (bicyclic) bond motifs is 1. The highest BCUT2D eigenvalue weighted by Crippen LogP contribution is 2.25. The van der Waals surface area contributed by atoms with E-state index in [-0.39, 0.29) is 17.2 Å². The molecule has 22 heavy (non-hydrogen) atoms. The quantitative estimate of drug-likeness (QED) is 0.770. The lowest BCUT2D eigenvalue weighted by Gasteiger charge is -2.15. The van der Waals surface area contributed by atoms with Gasteiger partial charge in [-0.1, -0.05) is 0 Å². The van der Waals surface area contributed by atoms with Crippen LogP contribution in [0, 0.1) is 0 Å². The first-order valence-corrected chi connectivity index (χ1v) is 7.39. The zero-order valence-electron chi connectivity index (χ0n) is 13.1. The molecule has 4 N–H and O–H groups in total. The molecule has 118 valence electrons. The molecule has 2 rings (SSSR count). The average molecular weight is 303 g/mol. The zero-order valence-corrected chi connectivity index (χ0v) is 13.1. The minimum Gasteiger partial charge on any atom is -0.398 e. The summed E-state index contributed by atoms with van der Waals surface area (Å²) in [5.74, 6) is 0.311. The number of anilines is 2. The molecular formula is C15H21N5O2. The molecule has 2 aromatic rings. The second-order valence-electron chi connectivity index (χ2n) is 4.83. The van der Waals surface area contributed by atoms with Crippen LogP contribution in [-0.4, -0.2) is 28.5 Å². The number of nitrogens with zero attached hydrogens (tertiary/aromatic N) is 2. The Morgan fingerprint density at radius 1 is 1.27 bits per heavy atom. The van der Waals surface area contributed by atoms with E-state index in [2.05, 4.69) is 15.6 Å². The Hall–Kier alpha value is -2.57. The number of hydrogen-bond donors (Lipinski definition) is 3. The predicted molar refractivity (Wildman–Crippen MR) is 88.3 cm³/mol. The number of rotatable bonds is 5. The van der Waals surface area contributed by atoms with Crippen LogP contribution in [0.15, 0.2) is 16.9 Å². The molecule has 0 saturated heterocycles. The predicted octanol–water partition coefficient (Wildman–Crippen LogP) is 1.18. The van der Waals surface area contributed by atoms with Crippen molar-refractivity contribution in [3.05, 3.63) is 28.0 Å². The van der Waals surface area contributed by atoms with E-state index in [0.717, 1.165) is 0 Å². The van der Waals surface area contributed by atoms with E-state index in [1.807, 2.05) is 20.8 Å². The van der Waals surface area contributed by atoms with Crippen LogP contribution in [-0.2, 0) is 6.54 Å². The van der Waals surface area contributed by atoms with Gasteiger partial charge < -0.3 is 16.4 Å². The average Bonchev–Trinajstić information content (AvgIpc) is 2.47. The summed E-state index contributed by atoms with van der Waals surface area (Å²) in [7, 11) is 0. The molecule has 0 bridgehead atoms. The summed E-state index contributed by atoms with van der Waals surface area (Å²) in [4.78, 5) is 28.9. The zero-order chi connectivity index (χ0) is 16.3. The van der Waals surface area contributed by atoms with Gasteiger partial charge in [0.1, 0.15) is 11.5 Å². The highest BCUT2D eigenvalue weighted by Gasteiger charge is 2.18. The van der Waals surface area contributed by atoms with Gasteiger partial charge in [0, 0.05) is 31.4 Å². The monoisotopic (exact) mass is 303 g/mol. The topological polar surface area (TPSA) is 102 Å². The third-order valence-electron chi connectivity index (χ3n) is 3.35. The number of nitrogens with two attached hydrogens (primary N) is 1. The number of aryl methyl sites for hydroxylation is 1. The van der Waals surface area contributed by atoms with Gasteiger partial charge >= 0.3 is 0 Å². The molecule has 0 spiro atoms. The smallest absolute Gasteiger partial charge is 0.254 e. The van der Waals surface area contributed by atoms with E-state index in [9.17, 15) is 9.59 Å². The van der Waals surface area contributed by atoms with Crippen LogP contribution in [0.5, 0.6) is 0 Å². The third-order valence-corrected chi connectivity index (χ3v) is 3.35. The van der Waals surface area contributed by atoms with E-state index < -0.39 is 0 Å². The summed E-state index contributed by atoms with van der Waals surface area (Å²) in [5, 5.41) is 6.35. The normalized spacial score (nSPS) is 10.7. The van der Waals surface area contributed by atoms with Crippen molar-refractivity contribution < 1.29 is 4.79 Å². The highest BCUT2D eigenvalue weighted by molar-refractivity contribution is 6.10. The molecule has 7 nitrogen and oxygen atoms in total. The molecule has 0 aliphatic carbocycles. The minimum absolute atomic E-state index is 0.226. The van der Waals surface area contributed by atoms with Gasteiger partial charge in [0.25, 0.3) is 11.5 Å². The fraction of sp³-hybridized carbons (Fsp3) is 0.400. The minimum atomic E-state index is -0.234. The van der Waals surface area contributed by atoms with Crippen molar-refractivity contribution in [3.8, 4) is 0 Å². The van der Waals surface area contributed by atoms with Crippen molar-refractivity contribution in [2.45, 2.75) is 27.3 Å². The Morgan fingerprint density at radius 3 is 2.59 bits per heavy atom. The van der Waals surface area contributed by atoms with Crippen LogP contribution in [0.25, 0.3) is 11.0 Å². The standard InChI is InChI=1S/C15H21N5O2/c1-4-17-11-7-9(15(22)18-5-2)13-10(16)8-12(21)20(6-3)14(13)19-11/h7-8H,4-6,16H2,1-3H3,(H,17,19)(H,18,22). The number of carbonyl (C=O) groups is 1. The summed E-state index contributed by atoms with van der Waals surface area (Å²) in [6.07, 6.45) is 0. The fourth-order valence-electron chi connectivity index (χ4n) is 2.41. The maximum Gasteiger partial charge on any atom is 0.254 e. The van der Waals surface area contributed by atoms with Crippen LogP contribution in [0.2, 0.25) is 0 Å². The molecule has 1 amide bonds. The Labute approximate surface area is 128 Å². The molecule has 7 heteroatoms. The second kappa shape index (κ2) is 6.46. The van der Waals surface area contributed by atoms with Gasteiger partial charge in [0.05, 0.1) is 10.9 Å². The van der Waals surface area contributed by atoms with E-state index >= 15 is 0 Å². The van der Waals surface area contributed by atoms with Gasteiger partial charge in [-0.3, -0.25) is 14.2 Å². The van der Waals surface area contributed by atoms with Crippen LogP contribution >= 0.6 is 0 Å². The summed E-state index contributed by atoms with van der Waals surface area (Å²) >= 11 is 0. The number of aromatic nitrogens is 2. The molecule has 0 aliphatic heterocycles. The number of nitrogens with one attached hydrogen (secondary N) is 2. The molecule has 2 aromatic heterocycles. The molecule has 0 aliphatic rings. The first-order chi connectivity index (χ1) is 10.5. The number of amides is 1. The number of hydrogen-bond acceptors (Lipinski definition) is 5. The molecule has 0 aromatic carbocycles. The van der Waals surface area contributed by atoms with E-state index in [1.165, 1.54) is 10.6 Å². The van der Waals surface area contributed by atoms with Crippen LogP contribution in [0.4, 0.5) is 11.5 Å². The van der Waals surface area contributed by atoms with Crippen LogP contribution < -0.4 is 21.9 Å². The summed E-state index contributed by atoms with van der Waals surface area (Å²) < 4.78 is 1.51. The fourth-order valence-corrected chi connectivity index (χ4v) is 2.41. The molecule has 0 unspecified atom stereocenters. The number of carbonyl (C=O) groups excluding carboxylic acids is 1. The molecule has 0 radical (unpaired) electrons. The molecule has 0 atom stereocenters. The van der Waals surface area contributed by atoms with E-state index in [1.54, 1.807) is 6.07 Å². The van der Waals surface area contributed by atoms with Gasteiger partial charge in [0.15, 0.2) is 0 Å². The number of nitrogen functional groups attached to an aromatic ring is 1. The third kappa shape index (κ3) is 2.74. The molecular weight excluding hydrogens is 282 g/mol. The second-order valence-corrected chi connectivity index (χ2v) is 4.83.